The van der Waals surface area contributed by atoms with E-state index in [2.05, 4.69) is 50.7 Å². The molecule has 0 aliphatic rings. The largest absolute Gasteiger partial charge is 0.354 e. The molecule has 0 radical (unpaired) electrons. The van der Waals surface area contributed by atoms with Gasteiger partial charge in [-0.15, -0.1) is 0 Å². The van der Waals surface area contributed by atoms with Crippen molar-refractivity contribution in [3.8, 4) is 0 Å². The summed E-state index contributed by atoms with van der Waals surface area (Å²) in [5.41, 5.74) is 4.20. The van der Waals surface area contributed by atoms with E-state index in [4.69, 9.17) is 0 Å². The van der Waals surface area contributed by atoms with Gasteiger partial charge in [0.25, 0.3) is 0 Å². The summed E-state index contributed by atoms with van der Waals surface area (Å²) in [6, 6.07) is 6.17. The molecule has 2 heterocycles. The minimum Gasteiger partial charge on any atom is -0.354 e. The van der Waals surface area contributed by atoms with Crippen molar-refractivity contribution in [3.05, 3.63) is 35.5 Å². The van der Waals surface area contributed by atoms with Crippen LogP contribution in [0.4, 0.5) is 17.5 Å². The zero-order valence-corrected chi connectivity index (χ0v) is 12.4. The molecule has 0 bridgehead atoms. The lowest BCUT2D eigenvalue weighted by molar-refractivity contribution is 1.07. The second kappa shape index (κ2) is 5.40. The number of nitrogens with zero attached hydrogens (tertiary/aromatic N) is 3. The molecule has 0 aliphatic heterocycles. The third-order valence-corrected chi connectivity index (χ3v) is 3.50. The molecule has 3 N–H and O–H groups in total. The van der Waals surface area contributed by atoms with Crippen LogP contribution in [0.2, 0.25) is 0 Å². The Balaban J connectivity index is 2.06. The number of hydrogen-bond donors (Lipinski definition) is 3. The SMILES string of the molecule is CCNc1nc(Nc2cccc(C)c2C)c2cn[nH]c2n1. The van der Waals surface area contributed by atoms with E-state index in [9.17, 15) is 0 Å². The molecule has 108 valence electrons. The van der Waals surface area contributed by atoms with E-state index in [1.54, 1.807) is 6.20 Å². The average molecular weight is 282 g/mol. The van der Waals surface area contributed by atoms with Crippen molar-refractivity contribution in [2.45, 2.75) is 20.8 Å². The Morgan fingerprint density at radius 2 is 2.05 bits per heavy atom. The lowest BCUT2D eigenvalue weighted by atomic mass is 10.1. The molecule has 6 nitrogen and oxygen atoms in total. The molecule has 3 rings (SSSR count). The first-order chi connectivity index (χ1) is 10.2. The third kappa shape index (κ3) is 2.52. The lowest BCUT2D eigenvalue weighted by Gasteiger charge is -2.12. The molecule has 6 heteroatoms. The van der Waals surface area contributed by atoms with Gasteiger partial charge in [-0.2, -0.15) is 15.1 Å². The van der Waals surface area contributed by atoms with Gasteiger partial charge in [0.15, 0.2) is 5.65 Å². The first kappa shape index (κ1) is 13.4. The standard InChI is InChI=1S/C15H18N6/c1-4-16-15-19-13(11-8-17-21-14(11)20-15)18-12-7-5-6-9(2)10(12)3/h5-8H,4H2,1-3H3,(H3,16,17,18,19,20,21). The molecule has 0 saturated heterocycles. The molecule has 0 fully saturated rings. The van der Waals surface area contributed by atoms with Crippen molar-refractivity contribution in [1.29, 1.82) is 0 Å². The van der Waals surface area contributed by atoms with E-state index in [1.807, 2.05) is 19.1 Å². The number of hydrogen-bond acceptors (Lipinski definition) is 5. The van der Waals surface area contributed by atoms with Gasteiger partial charge < -0.3 is 10.6 Å². The molecule has 0 aliphatic carbocycles. The summed E-state index contributed by atoms with van der Waals surface area (Å²) in [5.74, 6) is 1.33. The normalized spacial score (nSPS) is 10.8. The Hall–Kier alpha value is -2.63. The van der Waals surface area contributed by atoms with Gasteiger partial charge in [-0.05, 0) is 38.0 Å². The fourth-order valence-corrected chi connectivity index (χ4v) is 2.18. The van der Waals surface area contributed by atoms with E-state index < -0.39 is 0 Å². The first-order valence-electron chi connectivity index (χ1n) is 6.97. The Morgan fingerprint density at radius 1 is 1.19 bits per heavy atom. The van der Waals surface area contributed by atoms with Crippen LogP contribution in [0.15, 0.2) is 24.4 Å². The van der Waals surface area contributed by atoms with E-state index in [-0.39, 0.29) is 0 Å². The maximum absolute atomic E-state index is 4.54. The fourth-order valence-electron chi connectivity index (χ4n) is 2.18. The Morgan fingerprint density at radius 3 is 2.86 bits per heavy atom. The highest BCUT2D eigenvalue weighted by Gasteiger charge is 2.10. The lowest BCUT2D eigenvalue weighted by Crippen LogP contribution is -2.05. The molecule has 3 aromatic rings. The van der Waals surface area contributed by atoms with E-state index in [0.29, 0.717) is 11.6 Å². The predicted molar refractivity (Wildman–Crippen MR) is 85.0 cm³/mol. The number of fused-ring (bicyclic) bond motifs is 1. The van der Waals surface area contributed by atoms with Crippen molar-refractivity contribution in [1.82, 2.24) is 20.2 Å². The number of aromatic nitrogens is 4. The van der Waals surface area contributed by atoms with Crippen LogP contribution in [0.1, 0.15) is 18.1 Å². The molecule has 0 amide bonds. The fraction of sp³-hybridized carbons (Fsp3) is 0.267. The summed E-state index contributed by atoms with van der Waals surface area (Å²) in [6.45, 7) is 6.97. The van der Waals surface area contributed by atoms with E-state index in [1.165, 1.54) is 11.1 Å². The highest BCUT2D eigenvalue weighted by Crippen LogP contribution is 2.26. The number of aromatic amines is 1. The highest BCUT2D eigenvalue weighted by molar-refractivity contribution is 5.89. The quantitative estimate of drug-likeness (QED) is 0.685. The van der Waals surface area contributed by atoms with Crippen LogP contribution in [0.25, 0.3) is 11.0 Å². The minimum atomic E-state index is 0.585. The van der Waals surface area contributed by atoms with Gasteiger partial charge in [-0.25, -0.2) is 0 Å². The highest BCUT2D eigenvalue weighted by atomic mass is 15.2. The second-order valence-electron chi connectivity index (χ2n) is 4.93. The first-order valence-corrected chi connectivity index (χ1v) is 6.97. The summed E-state index contributed by atoms with van der Waals surface area (Å²) < 4.78 is 0. The Bertz CT molecular complexity index is 777. The molecular weight excluding hydrogens is 264 g/mol. The molecule has 0 saturated carbocycles. The monoisotopic (exact) mass is 282 g/mol. The van der Waals surface area contributed by atoms with Gasteiger partial charge in [0.2, 0.25) is 5.95 Å². The van der Waals surface area contributed by atoms with Crippen molar-refractivity contribution in [2.75, 3.05) is 17.2 Å². The molecular formula is C15H18N6. The minimum absolute atomic E-state index is 0.585. The number of rotatable bonds is 4. The van der Waals surface area contributed by atoms with E-state index >= 15 is 0 Å². The van der Waals surface area contributed by atoms with Crippen molar-refractivity contribution in [3.63, 3.8) is 0 Å². The molecule has 2 aromatic heterocycles. The van der Waals surface area contributed by atoms with Gasteiger partial charge in [-0.1, -0.05) is 12.1 Å². The molecule has 0 atom stereocenters. The van der Waals surface area contributed by atoms with Crippen LogP contribution in [0.3, 0.4) is 0 Å². The van der Waals surface area contributed by atoms with Gasteiger partial charge in [0.05, 0.1) is 11.6 Å². The van der Waals surface area contributed by atoms with E-state index in [0.717, 1.165) is 23.4 Å². The smallest absolute Gasteiger partial charge is 0.226 e. The second-order valence-corrected chi connectivity index (χ2v) is 4.93. The number of anilines is 3. The van der Waals surface area contributed by atoms with Gasteiger partial charge >= 0.3 is 0 Å². The van der Waals surface area contributed by atoms with Crippen molar-refractivity contribution in [2.24, 2.45) is 0 Å². The van der Waals surface area contributed by atoms with Crippen molar-refractivity contribution < 1.29 is 0 Å². The van der Waals surface area contributed by atoms with Crippen LogP contribution in [-0.2, 0) is 0 Å². The summed E-state index contributed by atoms with van der Waals surface area (Å²) in [6.07, 6.45) is 1.73. The number of aryl methyl sites for hydroxylation is 1. The molecule has 1 aromatic carbocycles. The third-order valence-electron chi connectivity index (χ3n) is 3.50. The predicted octanol–water partition coefficient (Wildman–Crippen LogP) is 3.15. The van der Waals surface area contributed by atoms with Gasteiger partial charge in [-0.3, -0.25) is 5.10 Å². The summed E-state index contributed by atoms with van der Waals surface area (Å²) in [4.78, 5) is 8.92. The van der Waals surface area contributed by atoms with Crippen LogP contribution in [0, 0.1) is 13.8 Å². The molecule has 0 spiro atoms. The van der Waals surface area contributed by atoms with Gasteiger partial charge in [0.1, 0.15) is 5.82 Å². The van der Waals surface area contributed by atoms with Gasteiger partial charge in [0, 0.05) is 12.2 Å². The Kier molecular flexibility index (Phi) is 3.43. The zero-order chi connectivity index (χ0) is 14.8. The number of nitrogens with one attached hydrogen (secondary N) is 3. The topological polar surface area (TPSA) is 78.5 Å². The number of H-pyrrole nitrogens is 1. The maximum atomic E-state index is 4.54. The van der Waals surface area contributed by atoms with Crippen molar-refractivity contribution >= 4 is 28.5 Å². The number of benzene rings is 1. The van der Waals surface area contributed by atoms with Crippen LogP contribution >= 0.6 is 0 Å². The maximum Gasteiger partial charge on any atom is 0.226 e. The summed E-state index contributed by atoms with van der Waals surface area (Å²) >= 11 is 0. The Labute approximate surface area is 123 Å². The average Bonchev–Trinajstić information content (AvgIpc) is 2.93. The van der Waals surface area contributed by atoms with Crippen LogP contribution in [-0.4, -0.2) is 26.7 Å². The molecule has 0 unspecified atom stereocenters. The summed E-state index contributed by atoms with van der Waals surface area (Å²) in [7, 11) is 0. The molecule has 21 heavy (non-hydrogen) atoms. The summed E-state index contributed by atoms with van der Waals surface area (Å²) in [5, 5.41) is 14.3. The van der Waals surface area contributed by atoms with Crippen LogP contribution < -0.4 is 10.6 Å². The van der Waals surface area contributed by atoms with Crippen LogP contribution in [0.5, 0.6) is 0 Å². The zero-order valence-electron chi connectivity index (χ0n) is 12.4.